The number of carboxylic acid groups (broad SMARTS) is 2. The summed E-state index contributed by atoms with van der Waals surface area (Å²) in [6.45, 7) is 8.62. The third-order valence-corrected chi connectivity index (χ3v) is 7.24. The predicted molar refractivity (Wildman–Crippen MR) is 140 cm³/mol. The van der Waals surface area contributed by atoms with E-state index in [1.54, 1.807) is 24.3 Å². The van der Waals surface area contributed by atoms with E-state index in [-0.39, 0.29) is 16.5 Å². The maximum Gasteiger partial charge on any atom is 0.336 e. The number of carboxylic acids is 2. The van der Waals surface area contributed by atoms with Crippen molar-refractivity contribution in [3.05, 3.63) is 82.4 Å². The molecule has 1 saturated carbocycles. The molecule has 0 saturated heterocycles. The zero-order valence-corrected chi connectivity index (χ0v) is 21.0. The molecule has 3 aromatic rings. The minimum Gasteiger partial charge on any atom is -0.478 e. The fourth-order valence-corrected chi connectivity index (χ4v) is 5.67. The maximum absolute atomic E-state index is 12.4. The van der Waals surface area contributed by atoms with Gasteiger partial charge in [0.2, 0.25) is 0 Å². The number of aromatic carboxylic acids is 2. The van der Waals surface area contributed by atoms with E-state index in [9.17, 15) is 19.8 Å². The van der Waals surface area contributed by atoms with Gasteiger partial charge in [-0.3, -0.25) is 0 Å². The Bertz CT molecular complexity index is 1270. The zero-order valence-electron chi connectivity index (χ0n) is 21.0. The van der Waals surface area contributed by atoms with Crippen LogP contribution in [-0.4, -0.2) is 22.2 Å². The molecule has 0 aliphatic heterocycles. The Balaban J connectivity index is 2.22. The van der Waals surface area contributed by atoms with E-state index in [1.807, 2.05) is 31.2 Å². The van der Waals surface area contributed by atoms with Crippen molar-refractivity contribution < 1.29 is 19.8 Å². The van der Waals surface area contributed by atoms with Gasteiger partial charge in [-0.05, 0) is 82.2 Å². The van der Waals surface area contributed by atoms with Crippen LogP contribution in [-0.2, 0) is 5.41 Å². The second kappa shape index (κ2) is 9.69. The summed E-state index contributed by atoms with van der Waals surface area (Å²) in [6.07, 6.45) is 5.60. The molecule has 0 heterocycles. The molecule has 35 heavy (non-hydrogen) atoms. The van der Waals surface area contributed by atoms with Crippen LogP contribution in [0.1, 0.15) is 96.2 Å². The highest BCUT2D eigenvalue weighted by Crippen LogP contribution is 2.49. The van der Waals surface area contributed by atoms with Gasteiger partial charge in [-0.25, -0.2) is 9.59 Å². The first-order valence-corrected chi connectivity index (χ1v) is 12.4. The van der Waals surface area contributed by atoms with Gasteiger partial charge in [0.15, 0.2) is 0 Å². The van der Waals surface area contributed by atoms with Crippen LogP contribution in [0.15, 0.2) is 54.6 Å². The van der Waals surface area contributed by atoms with Crippen molar-refractivity contribution in [3.63, 3.8) is 0 Å². The number of rotatable bonds is 5. The molecule has 2 N–H and O–H groups in total. The highest BCUT2D eigenvalue weighted by molar-refractivity contribution is 6.04. The quantitative estimate of drug-likeness (QED) is 0.395. The van der Waals surface area contributed by atoms with Gasteiger partial charge in [-0.15, -0.1) is 0 Å². The Labute approximate surface area is 207 Å². The molecule has 0 atom stereocenters. The van der Waals surface area contributed by atoms with E-state index in [4.69, 9.17) is 0 Å². The van der Waals surface area contributed by atoms with Crippen LogP contribution in [0, 0.1) is 6.92 Å². The van der Waals surface area contributed by atoms with Crippen molar-refractivity contribution >= 4 is 11.9 Å². The number of aryl methyl sites for hydroxylation is 1. The summed E-state index contributed by atoms with van der Waals surface area (Å²) in [5.74, 6) is -1.67. The zero-order chi connectivity index (χ0) is 25.3. The molecule has 0 unspecified atom stereocenters. The molecular formula is C31H34O4. The van der Waals surface area contributed by atoms with Gasteiger partial charge in [-0.2, -0.15) is 0 Å². The summed E-state index contributed by atoms with van der Waals surface area (Å²) < 4.78 is 0. The molecule has 0 radical (unpaired) electrons. The SMILES string of the molecule is Cc1cc(C(C)(C)C)c(C2CCCCC2)c(-c2ccccc2C(=O)O)c1-c1ccccc1C(=O)O. The highest BCUT2D eigenvalue weighted by Gasteiger charge is 2.32. The smallest absolute Gasteiger partial charge is 0.336 e. The standard InChI is InChI=1S/C31H34O4/c1-19-18-25(31(2,3)4)27(20-12-6-5-7-13-20)28(22-15-9-11-17-24(22)30(34)35)26(19)21-14-8-10-16-23(21)29(32)33/h8-11,14-18,20H,5-7,12-13H2,1-4H3,(H,32,33)(H,34,35). The molecule has 1 aliphatic rings. The van der Waals surface area contributed by atoms with Gasteiger partial charge in [0, 0.05) is 0 Å². The third-order valence-electron chi connectivity index (χ3n) is 7.24. The molecule has 4 heteroatoms. The first-order chi connectivity index (χ1) is 16.6. The molecule has 0 amide bonds. The van der Waals surface area contributed by atoms with Crippen LogP contribution in [0.2, 0.25) is 0 Å². The molecule has 1 aliphatic carbocycles. The Morgan fingerprint density at radius 2 is 1.26 bits per heavy atom. The monoisotopic (exact) mass is 470 g/mol. The molecule has 3 aromatic carbocycles. The van der Waals surface area contributed by atoms with Crippen LogP contribution in [0.5, 0.6) is 0 Å². The summed E-state index contributed by atoms with van der Waals surface area (Å²) in [5.41, 5.74) is 6.66. The van der Waals surface area contributed by atoms with Gasteiger partial charge < -0.3 is 10.2 Å². The van der Waals surface area contributed by atoms with Gasteiger partial charge in [-0.1, -0.05) is 82.5 Å². The molecule has 0 aromatic heterocycles. The maximum atomic E-state index is 12.4. The molecule has 4 nitrogen and oxygen atoms in total. The lowest BCUT2D eigenvalue weighted by atomic mass is 9.69. The molecule has 0 spiro atoms. The third kappa shape index (κ3) is 4.75. The largest absolute Gasteiger partial charge is 0.478 e. The van der Waals surface area contributed by atoms with Crippen molar-refractivity contribution in [2.45, 2.75) is 71.1 Å². The first-order valence-electron chi connectivity index (χ1n) is 12.4. The van der Waals surface area contributed by atoms with Gasteiger partial charge in [0.1, 0.15) is 0 Å². The normalized spacial score (nSPS) is 14.6. The van der Waals surface area contributed by atoms with E-state index >= 15 is 0 Å². The fraction of sp³-hybridized carbons (Fsp3) is 0.355. The number of hydrogen-bond acceptors (Lipinski definition) is 2. The number of hydrogen-bond donors (Lipinski definition) is 2. The van der Waals surface area contributed by atoms with Crippen LogP contribution in [0.25, 0.3) is 22.3 Å². The summed E-state index contributed by atoms with van der Waals surface area (Å²) in [7, 11) is 0. The number of benzene rings is 3. The topological polar surface area (TPSA) is 74.6 Å². The van der Waals surface area contributed by atoms with E-state index in [1.165, 1.54) is 17.5 Å². The fourth-order valence-electron chi connectivity index (χ4n) is 5.67. The van der Waals surface area contributed by atoms with Gasteiger partial charge in [0.25, 0.3) is 0 Å². The predicted octanol–water partition coefficient (Wildman–Crippen LogP) is 8.07. The van der Waals surface area contributed by atoms with Crippen molar-refractivity contribution in [2.24, 2.45) is 0 Å². The Morgan fingerprint density at radius 3 is 1.74 bits per heavy atom. The van der Waals surface area contributed by atoms with E-state index in [0.29, 0.717) is 17.0 Å². The van der Waals surface area contributed by atoms with Crippen LogP contribution >= 0.6 is 0 Å². The lowest BCUT2D eigenvalue weighted by Crippen LogP contribution is -2.20. The molecule has 1 fully saturated rings. The van der Waals surface area contributed by atoms with E-state index in [0.717, 1.165) is 42.4 Å². The van der Waals surface area contributed by atoms with E-state index in [2.05, 4.69) is 26.8 Å². The van der Waals surface area contributed by atoms with E-state index < -0.39 is 11.9 Å². The molecule has 182 valence electrons. The van der Waals surface area contributed by atoms with Gasteiger partial charge >= 0.3 is 11.9 Å². The summed E-state index contributed by atoms with van der Waals surface area (Å²) >= 11 is 0. The minimum absolute atomic E-state index is 0.157. The Hall–Kier alpha value is -3.40. The molecular weight excluding hydrogens is 436 g/mol. The van der Waals surface area contributed by atoms with Crippen molar-refractivity contribution in [1.29, 1.82) is 0 Å². The summed E-state index contributed by atoms with van der Waals surface area (Å²) in [5, 5.41) is 20.2. The van der Waals surface area contributed by atoms with Crippen LogP contribution < -0.4 is 0 Å². The first kappa shape index (κ1) is 24.7. The lowest BCUT2D eigenvalue weighted by molar-refractivity contribution is 0.0686. The van der Waals surface area contributed by atoms with Crippen molar-refractivity contribution in [1.82, 2.24) is 0 Å². The average Bonchev–Trinajstić information content (AvgIpc) is 2.83. The van der Waals surface area contributed by atoms with Crippen molar-refractivity contribution in [2.75, 3.05) is 0 Å². The summed E-state index contributed by atoms with van der Waals surface area (Å²) in [6, 6.07) is 16.4. The average molecular weight is 471 g/mol. The van der Waals surface area contributed by atoms with Gasteiger partial charge in [0.05, 0.1) is 11.1 Å². The molecule has 4 rings (SSSR count). The molecule has 0 bridgehead atoms. The Morgan fingerprint density at radius 1 is 0.771 bits per heavy atom. The van der Waals surface area contributed by atoms with Crippen molar-refractivity contribution in [3.8, 4) is 22.3 Å². The highest BCUT2D eigenvalue weighted by atomic mass is 16.4. The second-order valence-corrected chi connectivity index (χ2v) is 10.7. The van der Waals surface area contributed by atoms with Crippen LogP contribution in [0.3, 0.4) is 0 Å². The summed E-state index contributed by atoms with van der Waals surface area (Å²) in [4.78, 5) is 24.6. The second-order valence-electron chi connectivity index (χ2n) is 10.7. The van der Waals surface area contributed by atoms with Crippen LogP contribution in [0.4, 0.5) is 0 Å². The Kier molecular flexibility index (Phi) is 6.84. The minimum atomic E-state index is -0.989. The number of carbonyl (C=O) groups is 2. The lowest BCUT2D eigenvalue weighted by Gasteiger charge is -2.34.